The number of nitrogens with zero attached hydrogens (tertiary/aromatic N) is 2. The maximum absolute atomic E-state index is 2.48. The van der Waals surface area contributed by atoms with Crippen LogP contribution in [0.1, 0.15) is 22.3 Å². The smallest absolute Gasteiger partial charge is 0.0546 e. The summed E-state index contributed by atoms with van der Waals surface area (Å²) < 4.78 is 0. The molecular formula is C78H58N2. The van der Waals surface area contributed by atoms with E-state index in [9.17, 15) is 0 Å². The molecule has 0 fully saturated rings. The molecule has 0 saturated heterocycles. The Bertz CT molecular complexity index is 4360. The van der Waals surface area contributed by atoms with E-state index >= 15 is 0 Å². The van der Waals surface area contributed by atoms with Crippen molar-refractivity contribution in [1.82, 2.24) is 0 Å². The Morgan fingerprint density at radius 3 is 0.900 bits per heavy atom. The molecule has 2 nitrogen and oxygen atoms in total. The average Bonchev–Trinajstić information content (AvgIpc) is 3.66. The van der Waals surface area contributed by atoms with Gasteiger partial charge in [-0.25, -0.2) is 0 Å². The van der Waals surface area contributed by atoms with Crippen LogP contribution in [0.15, 0.2) is 279 Å². The first kappa shape index (κ1) is 48.4. The lowest BCUT2D eigenvalue weighted by Gasteiger charge is -2.31. The van der Waals surface area contributed by atoms with Crippen molar-refractivity contribution in [1.29, 1.82) is 0 Å². The Morgan fingerprint density at radius 1 is 0.212 bits per heavy atom. The molecule has 0 N–H and O–H groups in total. The normalized spacial score (nSPS) is 11.5. The van der Waals surface area contributed by atoms with Crippen LogP contribution in [-0.2, 0) is 0 Å². The number of hydrogen-bond donors (Lipinski definition) is 0. The van der Waals surface area contributed by atoms with Crippen molar-refractivity contribution in [2.24, 2.45) is 0 Å². The molecule has 0 aliphatic heterocycles. The third-order valence-electron chi connectivity index (χ3n) is 16.4. The lowest BCUT2D eigenvalue weighted by atomic mass is 9.92. The van der Waals surface area contributed by atoms with Crippen molar-refractivity contribution in [3.63, 3.8) is 0 Å². The van der Waals surface area contributed by atoms with Crippen LogP contribution in [0, 0.1) is 27.7 Å². The Morgan fingerprint density at radius 2 is 0.525 bits per heavy atom. The van der Waals surface area contributed by atoms with E-state index in [1.165, 1.54) is 121 Å². The van der Waals surface area contributed by atoms with Gasteiger partial charge in [-0.15, -0.1) is 0 Å². The molecule has 14 rings (SSSR count). The predicted octanol–water partition coefficient (Wildman–Crippen LogP) is 22.3. The molecule has 0 aromatic heterocycles. The second-order valence-electron chi connectivity index (χ2n) is 21.5. The van der Waals surface area contributed by atoms with Gasteiger partial charge < -0.3 is 9.80 Å². The zero-order valence-electron chi connectivity index (χ0n) is 45.5. The van der Waals surface area contributed by atoms with E-state index in [1.807, 2.05) is 0 Å². The molecule has 2 heteroatoms. The van der Waals surface area contributed by atoms with Gasteiger partial charge in [-0.3, -0.25) is 0 Å². The molecule has 0 radical (unpaired) electrons. The summed E-state index contributed by atoms with van der Waals surface area (Å²) in [4.78, 5) is 4.96. The summed E-state index contributed by atoms with van der Waals surface area (Å²) in [6.45, 7) is 8.84. The zero-order valence-corrected chi connectivity index (χ0v) is 45.5. The highest BCUT2D eigenvalue weighted by Crippen LogP contribution is 2.49. The van der Waals surface area contributed by atoms with Crippen LogP contribution < -0.4 is 9.80 Å². The Kier molecular flexibility index (Phi) is 12.1. The summed E-state index contributed by atoms with van der Waals surface area (Å²) in [5.41, 5.74) is 21.4. The van der Waals surface area contributed by atoms with Crippen LogP contribution in [0.4, 0.5) is 34.1 Å². The van der Waals surface area contributed by atoms with Crippen LogP contribution in [0.5, 0.6) is 0 Å². The molecule has 0 bridgehead atoms. The maximum atomic E-state index is 2.48. The molecule has 0 heterocycles. The summed E-state index contributed by atoms with van der Waals surface area (Å²) in [5.74, 6) is 0. The number of anilines is 6. The molecular weight excluding hydrogens is 965 g/mol. The van der Waals surface area contributed by atoms with Crippen molar-refractivity contribution < 1.29 is 0 Å². The van der Waals surface area contributed by atoms with Crippen LogP contribution in [0.25, 0.3) is 98.4 Å². The first-order valence-electron chi connectivity index (χ1n) is 27.8. The highest BCUT2D eigenvalue weighted by molar-refractivity contribution is 6.24. The van der Waals surface area contributed by atoms with Crippen molar-refractivity contribution in [3.05, 3.63) is 301 Å². The summed E-state index contributed by atoms with van der Waals surface area (Å²) in [7, 11) is 0. The molecule has 380 valence electrons. The monoisotopic (exact) mass is 1020 g/mol. The maximum Gasteiger partial charge on any atom is 0.0546 e. The van der Waals surface area contributed by atoms with Gasteiger partial charge in [0.2, 0.25) is 0 Å². The summed E-state index contributed by atoms with van der Waals surface area (Å²) in [6, 6.07) is 103. The number of fused-ring (bicyclic) bond motifs is 7. The minimum Gasteiger partial charge on any atom is -0.310 e. The van der Waals surface area contributed by atoms with Crippen molar-refractivity contribution >= 4 is 88.0 Å². The average molecular weight is 1020 g/mol. The van der Waals surface area contributed by atoms with Gasteiger partial charge in [-0.2, -0.15) is 0 Å². The SMILES string of the molecule is Cc1ccc(N(c2ccc(-c3ccc(-c4cccc5ccccc45)cc3)cc2)c2cc3c4ccccc4c(N(c4ccc(-c5ccc(-c6cccc7ccccc67)cc5)cc4)c4ccc(C)cc4C)cc3c3ccccc23)c(C)c1. The molecule has 0 amide bonds. The summed E-state index contributed by atoms with van der Waals surface area (Å²) in [5, 5.41) is 12.2. The Labute approximate surface area is 468 Å². The van der Waals surface area contributed by atoms with Crippen molar-refractivity contribution in [2.75, 3.05) is 9.80 Å². The zero-order chi connectivity index (χ0) is 53.8. The van der Waals surface area contributed by atoms with Crippen LogP contribution in [0.2, 0.25) is 0 Å². The van der Waals surface area contributed by atoms with E-state index in [4.69, 9.17) is 0 Å². The number of hydrogen-bond acceptors (Lipinski definition) is 2. The lowest BCUT2D eigenvalue weighted by molar-refractivity contribution is 1.25. The highest BCUT2D eigenvalue weighted by atomic mass is 15.2. The minimum atomic E-state index is 1.10. The van der Waals surface area contributed by atoms with Crippen molar-refractivity contribution in [3.8, 4) is 44.5 Å². The van der Waals surface area contributed by atoms with Crippen LogP contribution in [0.3, 0.4) is 0 Å². The van der Waals surface area contributed by atoms with Gasteiger partial charge in [-0.1, -0.05) is 242 Å². The van der Waals surface area contributed by atoms with Gasteiger partial charge in [0.1, 0.15) is 0 Å². The van der Waals surface area contributed by atoms with Gasteiger partial charge in [0.15, 0.2) is 0 Å². The largest absolute Gasteiger partial charge is 0.310 e. The van der Waals surface area contributed by atoms with Crippen LogP contribution in [-0.4, -0.2) is 0 Å². The van der Waals surface area contributed by atoms with E-state index in [0.717, 1.165) is 34.1 Å². The second-order valence-corrected chi connectivity index (χ2v) is 21.5. The molecule has 0 aliphatic rings. The Hall–Kier alpha value is -10.0. The van der Waals surface area contributed by atoms with Crippen molar-refractivity contribution in [2.45, 2.75) is 27.7 Å². The van der Waals surface area contributed by atoms with E-state index in [0.29, 0.717) is 0 Å². The fourth-order valence-electron chi connectivity index (χ4n) is 12.5. The van der Waals surface area contributed by atoms with E-state index in [-0.39, 0.29) is 0 Å². The first-order valence-corrected chi connectivity index (χ1v) is 27.8. The summed E-state index contributed by atoms with van der Waals surface area (Å²) >= 11 is 0. The fourth-order valence-corrected chi connectivity index (χ4v) is 12.5. The molecule has 14 aromatic carbocycles. The lowest BCUT2D eigenvalue weighted by Crippen LogP contribution is -2.13. The molecule has 14 aromatic rings. The topological polar surface area (TPSA) is 6.48 Å². The molecule has 0 unspecified atom stereocenters. The molecule has 0 spiro atoms. The number of rotatable bonds is 10. The van der Waals surface area contributed by atoms with Gasteiger partial charge in [0, 0.05) is 33.5 Å². The van der Waals surface area contributed by atoms with Gasteiger partial charge >= 0.3 is 0 Å². The Balaban J connectivity index is 0.882. The van der Waals surface area contributed by atoms with E-state index in [2.05, 4.69) is 317 Å². The van der Waals surface area contributed by atoms with Gasteiger partial charge in [0.25, 0.3) is 0 Å². The molecule has 0 saturated carbocycles. The first-order chi connectivity index (χ1) is 39.3. The standard InChI is InChI=1S/C78H58N2/c1-51-27-45-75(53(3)47-51)79(63-41-37-57(38-42-63)55-29-33-61(34-30-55)67-25-13-17-59-15-5-7-19-65(59)67)77-49-73-70-22-10-12-24-72(70)78(50-74(73)69-21-9-11-23-71(69)77)80(76-46-28-52(2)48-54(76)4)64-43-39-58(40-44-64)56-31-35-62(36-32-56)68-26-14-18-60-16-6-8-20-66(60)68/h5-50H,1-4H3. The second kappa shape index (κ2) is 20.1. The quantitative estimate of drug-likeness (QED) is 0.126. The summed E-state index contributed by atoms with van der Waals surface area (Å²) in [6.07, 6.45) is 0. The van der Waals surface area contributed by atoms with Gasteiger partial charge in [-0.05, 0) is 175 Å². The van der Waals surface area contributed by atoms with E-state index in [1.54, 1.807) is 0 Å². The van der Waals surface area contributed by atoms with Gasteiger partial charge in [0.05, 0.1) is 11.4 Å². The molecule has 0 aliphatic carbocycles. The van der Waals surface area contributed by atoms with E-state index < -0.39 is 0 Å². The predicted molar refractivity (Wildman–Crippen MR) is 344 cm³/mol. The number of aryl methyl sites for hydroxylation is 4. The third-order valence-corrected chi connectivity index (χ3v) is 16.4. The molecule has 80 heavy (non-hydrogen) atoms. The minimum absolute atomic E-state index is 1.10. The fraction of sp³-hybridized carbons (Fsp3) is 0.0513. The highest BCUT2D eigenvalue weighted by Gasteiger charge is 2.24. The molecule has 0 atom stereocenters. The number of benzene rings is 14. The van der Waals surface area contributed by atoms with Crippen LogP contribution >= 0.6 is 0 Å². The third kappa shape index (κ3) is 8.63.